The minimum Gasteiger partial charge on any atom is -0.288 e. The molecule has 0 bridgehead atoms. The molecule has 1 nitrogen and oxygen atoms in total. The van der Waals surface area contributed by atoms with E-state index in [1.165, 1.54) is 36.4 Å². The smallest absolute Gasteiger partial charge is 0.197 e. The molecular formula is C13H6Cl3FO. The maximum Gasteiger partial charge on any atom is 0.197 e. The summed E-state index contributed by atoms with van der Waals surface area (Å²) >= 11 is 17.4. The second-order valence-corrected chi connectivity index (χ2v) is 4.78. The van der Waals surface area contributed by atoms with E-state index in [2.05, 4.69) is 0 Å². The highest BCUT2D eigenvalue weighted by molar-refractivity contribution is 6.42. The maximum absolute atomic E-state index is 13.6. The van der Waals surface area contributed by atoms with Crippen LogP contribution < -0.4 is 0 Å². The lowest BCUT2D eigenvalue weighted by atomic mass is 10.0. The first-order valence-corrected chi connectivity index (χ1v) is 6.08. The van der Waals surface area contributed by atoms with E-state index in [4.69, 9.17) is 34.8 Å². The Kier molecular flexibility index (Phi) is 3.91. The second-order valence-electron chi connectivity index (χ2n) is 3.55. The standard InChI is InChI=1S/C13H6Cl3FO/c14-8-5-4-7(6-10(8)16)13(18)12-9(15)2-1-3-11(12)17/h1-6H. The fourth-order valence-corrected chi connectivity index (χ4v) is 2.04. The Bertz CT molecular complexity index is 605. The Morgan fingerprint density at radius 2 is 1.67 bits per heavy atom. The highest BCUT2D eigenvalue weighted by Gasteiger charge is 2.18. The molecule has 0 atom stereocenters. The van der Waals surface area contributed by atoms with Gasteiger partial charge < -0.3 is 0 Å². The van der Waals surface area contributed by atoms with Crippen molar-refractivity contribution in [2.75, 3.05) is 0 Å². The van der Waals surface area contributed by atoms with Crippen molar-refractivity contribution in [2.45, 2.75) is 0 Å². The van der Waals surface area contributed by atoms with Gasteiger partial charge in [0.05, 0.1) is 20.6 Å². The molecule has 0 saturated heterocycles. The average molecular weight is 304 g/mol. The third-order valence-electron chi connectivity index (χ3n) is 2.37. The molecule has 0 heterocycles. The van der Waals surface area contributed by atoms with Crippen molar-refractivity contribution in [3.63, 3.8) is 0 Å². The van der Waals surface area contributed by atoms with Gasteiger partial charge in [0.25, 0.3) is 0 Å². The van der Waals surface area contributed by atoms with Crippen molar-refractivity contribution in [2.24, 2.45) is 0 Å². The Balaban J connectivity index is 2.51. The van der Waals surface area contributed by atoms with Crippen molar-refractivity contribution in [3.8, 4) is 0 Å². The molecule has 0 aliphatic rings. The van der Waals surface area contributed by atoms with Crippen LogP contribution in [0.3, 0.4) is 0 Å². The molecule has 5 heteroatoms. The summed E-state index contributed by atoms with van der Waals surface area (Å²) in [5.74, 6) is -1.20. The van der Waals surface area contributed by atoms with Crippen LogP contribution >= 0.6 is 34.8 Å². The van der Waals surface area contributed by atoms with Crippen LogP contribution in [0.15, 0.2) is 36.4 Å². The number of carbonyl (C=O) groups is 1. The van der Waals surface area contributed by atoms with E-state index in [9.17, 15) is 9.18 Å². The average Bonchev–Trinajstić information content (AvgIpc) is 2.32. The van der Waals surface area contributed by atoms with Gasteiger partial charge in [-0.1, -0.05) is 40.9 Å². The molecule has 18 heavy (non-hydrogen) atoms. The molecule has 92 valence electrons. The lowest BCUT2D eigenvalue weighted by molar-refractivity contribution is 0.103. The summed E-state index contributed by atoms with van der Waals surface area (Å²) in [5, 5.41) is 0.619. The minimum absolute atomic E-state index is 0.0612. The molecule has 2 rings (SSSR count). The van der Waals surface area contributed by atoms with Gasteiger partial charge in [0.1, 0.15) is 5.82 Å². The van der Waals surface area contributed by atoms with Crippen LogP contribution in [-0.4, -0.2) is 5.78 Å². The van der Waals surface area contributed by atoms with Gasteiger partial charge in [0.2, 0.25) is 0 Å². The van der Waals surface area contributed by atoms with E-state index >= 15 is 0 Å². The highest BCUT2D eigenvalue weighted by atomic mass is 35.5. The van der Waals surface area contributed by atoms with Gasteiger partial charge in [-0.15, -0.1) is 0 Å². The Morgan fingerprint density at radius 3 is 2.28 bits per heavy atom. The molecule has 0 fully saturated rings. The summed E-state index contributed by atoms with van der Waals surface area (Å²) < 4.78 is 13.6. The highest BCUT2D eigenvalue weighted by Crippen LogP contribution is 2.26. The Labute approximate surface area is 118 Å². The summed E-state index contributed by atoms with van der Waals surface area (Å²) in [6, 6.07) is 8.40. The fraction of sp³-hybridized carbons (Fsp3) is 0. The van der Waals surface area contributed by atoms with Crippen molar-refractivity contribution >= 4 is 40.6 Å². The topological polar surface area (TPSA) is 17.1 Å². The van der Waals surface area contributed by atoms with Gasteiger partial charge in [0, 0.05) is 5.56 Å². The van der Waals surface area contributed by atoms with Crippen molar-refractivity contribution in [1.29, 1.82) is 0 Å². The van der Waals surface area contributed by atoms with Crippen LogP contribution in [0, 0.1) is 5.82 Å². The lowest BCUT2D eigenvalue weighted by Crippen LogP contribution is -2.05. The first kappa shape index (κ1) is 13.3. The van der Waals surface area contributed by atoms with E-state index in [1.54, 1.807) is 0 Å². The number of rotatable bonds is 2. The zero-order chi connectivity index (χ0) is 13.3. The molecule has 0 amide bonds. The lowest BCUT2D eigenvalue weighted by Gasteiger charge is -2.06. The molecule has 0 radical (unpaired) electrons. The van der Waals surface area contributed by atoms with Crippen LogP contribution in [0.5, 0.6) is 0 Å². The summed E-state index contributed by atoms with van der Waals surface area (Å²) in [7, 11) is 0. The van der Waals surface area contributed by atoms with Crippen molar-refractivity contribution in [3.05, 3.63) is 68.4 Å². The quantitative estimate of drug-likeness (QED) is 0.712. The van der Waals surface area contributed by atoms with E-state index in [1.807, 2.05) is 0 Å². The Hall–Kier alpha value is -1.09. The van der Waals surface area contributed by atoms with Gasteiger partial charge in [-0.05, 0) is 30.3 Å². The summed E-state index contributed by atoms with van der Waals surface area (Å²) in [5.41, 5.74) is 0.0638. The van der Waals surface area contributed by atoms with Gasteiger partial charge in [0.15, 0.2) is 5.78 Å². The Morgan fingerprint density at radius 1 is 0.944 bits per heavy atom. The molecule has 0 unspecified atom stereocenters. The number of hydrogen-bond donors (Lipinski definition) is 0. The van der Waals surface area contributed by atoms with Crippen LogP contribution in [0.2, 0.25) is 15.1 Å². The molecule has 0 spiro atoms. The van der Waals surface area contributed by atoms with E-state index in [-0.39, 0.29) is 21.2 Å². The third kappa shape index (κ3) is 2.51. The van der Waals surface area contributed by atoms with Crippen LogP contribution in [-0.2, 0) is 0 Å². The third-order valence-corrected chi connectivity index (χ3v) is 3.43. The summed E-state index contributed by atoms with van der Waals surface area (Å²) in [4.78, 5) is 12.1. The molecule has 2 aromatic carbocycles. The molecule has 0 N–H and O–H groups in total. The monoisotopic (exact) mass is 302 g/mol. The molecule has 0 aliphatic heterocycles. The van der Waals surface area contributed by atoms with Gasteiger partial charge >= 0.3 is 0 Å². The largest absolute Gasteiger partial charge is 0.288 e. The van der Waals surface area contributed by atoms with Crippen LogP contribution in [0.1, 0.15) is 15.9 Å². The molecule has 0 aromatic heterocycles. The second kappa shape index (κ2) is 5.27. The van der Waals surface area contributed by atoms with E-state index < -0.39 is 11.6 Å². The normalized spacial score (nSPS) is 10.4. The predicted octanol–water partition coefficient (Wildman–Crippen LogP) is 5.02. The summed E-state index contributed by atoms with van der Waals surface area (Å²) in [6.07, 6.45) is 0. The van der Waals surface area contributed by atoms with Gasteiger partial charge in [-0.3, -0.25) is 4.79 Å². The summed E-state index contributed by atoms with van der Waals surface area (Å²) in [6.45, 7) is 0. The van der Waals surface area contributed by atoms with Gasteiger partial charge in [-0.25, -0.2) is 4.39 Å². The number of hydrogen-bond acceptors (Lipinski definition) is 1. The zero-order valence-electron chi connectivity index (χ0n) is 8.88. The number of benzene rings is 2. The number of halogens is 4. The maximum atomic E-state index is 13.6. The SMILES string of the molecule is O=C(c1ccc(Cl)c(Cl)c1)c1c(F)cccc1Cl. The van der Waals surface area contributed by atoms with Crippen LogP contribution in [0.4, 0.5) is 4.39 Å². The van der Waals surface area contributed by atoms with E-state index in [0.29, 0.717) is 5.02 Å². The predicted molar refractivity (Wildman–Crippen MR) is 71.3 cm³/mol. The van der Waals surface area contributed by atoms with Crippen LogP contribution in [0.25, 0.3) is 0 Å². The minimum atomic E-state index is -0.668. The number of carbonyl (C=O) groups excluding carboxylic acids is 1. The van der Waals surface area contributed by atoms with Crippen molar-refractivity contribution in [1.82, 2.24) is 0 Å². The van der Waals surface area contributed by atoms with E-state index in [0.717, 1.165) is 0 Å². The molecule has 0 aliphatic carbocycles. The fourth-order valence-electron chi connectivity index (χ4n) is 1.50. The first-order chi connectivity index (χ1) is 8.50. The van der Waals surface area contributed by atoms with Gasteiger partial charge in [-0.2, -0.15) is 0 Å². The number of ketones is 1. The molecular weight excluding hydrogens is 297 g/mol. The van der Waals surface area contributed by atoms with Crippen molar-refractivity contribution < 1.29 is 9.18 Å². The molecule has 2 aromatic rings. The molecule has 0 saturated carbocycles. The first-order valence-electron chi connectivity index (χ1n) is 4.94. The zero-order valence-corrected chi connectivity index (χ0v) is 11.2.